The summed E-state index contributed by atoms with van der Waals surface area (Å²) in [6, 6.07) is 7.62. The van der Waals surface area contributed by atoms with E-state index in [-0.39, 0.29) is 17.4 Å². The maximum atomic E-state index is 13.2. The van der Waals surface area contributed by atoms with E-state index < -0.39 is 0 Å². The van der Waals surface area contributed by atoms with Gasteiger partial charge in [0.2, 0.25) is 5.91 Å². The monoisotopic (exact) mass is 339 g/mol. The van der Waals surface area contributed by atoms with Gasteiger partial charge in [-0.1, -0.05) is 6.07 Å². The molecule has 4 aliphatic carbocycles. The number of urea groups is 1. The van der Waals surface area contributed by atoms with E-state index in [0.29, 0.717) is 13.1 Å². The summed E-state index contributed by atoms with van der Waals surface area (Å²) < 4.78 is 0. The van der Waals surface area contributed by atoms with Gasteiger partial charge in [-0.3, -0.25) is 9.69 Å². The molecule has 5 heteroatoms. The molecule has 0 atom stereocenters. The minimum atomic E-state index is -0.143. The van der Waals surface area contributed by atoms with Crippen molar-refractivity contribution in [3.8, 4) is 0 Å². The third-order valence-corrected chi connectivity index (χ3v) is 6.79. The Bertz CT molecular complexity index is 694. The highest BCUT2D eigenvalue weighted by molar-refractivity contribution is 5.98. The van der Waals surface area contributed by atoms with Crippen LogP contribution < -0.4 is 15.5 Å². The lowest BCUT2D eigenvalue weighted by atomic mass is 9.49. The van der Waals surface area contributed by atoms with Crippen LogP contribution in [0.15, 0.2) is 24.3 Å². The molecule has 2 N–H and O–H groups in total. The van der Waals surface area contributed by atoms with Crippen LogP contribution in [0.1, 0.15) is 38.5 Å². The molecule has 0 aromatic heterocycles. The van der Waals surface area contributed by atoms with Crippen LogP contribution in [-0.4, -0.2) is 25.0 Å². The Balaban J connectivity index is 1.35. The van der Waals surface area contributed by atoms with Crippen LogP contribution in [0.3, 0.4) is 0 Å². The van der Waals surface area contributed by atoms with Crippen LogP contribution in [0, 0.1) is 23.2 Å². The van der Waals surface area contributed by atoms with Gasteiger partial charge in [0.25, 0.3) is 0 Å². The second-order valence-electron chi connectivity index (χ2n) is 8.59. The molecular formula is C20H25N3O2. The number of nitrogens with zero attached hydrogens (tertiary/aromatic N) is 1. The Hall–Kier alpha value is -2.04. The molecule has 3 amide bonds. The maximum absolute atomic E-state index is 13.2. The first kappa shape index (κ1) is 15.2. The van der Waals surface area contributed by atoms with Gasteiger partial charge < -0.3 is 10.6 Å². The molecule has 1 aliphatic heterocycles. The SMILES string of the molecule is O=C1NCCN1c1cccc(NC(=O)C23CC4CC(CC(C4)C2)C3)c1. The summed E-state index contributed by atoms with van der Waals surface area (Å²) in [6.07, 6.45) is 7.22. The molecule has 1 aromatic rings. The van der Waals surface area contributed by atoms with Crippen LogP contribution >= 0.6 is 0 Å². The molecule has 5 aliphatic rings. The standard InChI is InChI=1S/C20H25N3O2/c24-18(20-10-13-6-14(11-20)8-15(7-13)12-20)22-16-2-1-3-17(9-16)23-5-4-21-19(23)25/h1-3,9,13-15H,4-8,10-12H2,(H,21,25)(H,22,24). The van der Waals surface area contributed by atoms with Gasteiger partial charge in [0.15, 0.2) is 0 Å². The maximum Gasteiger partial charge on any atom is 0.321 e. The summed E-state index contributed by atoms with van der Waals surface area (Å²) in [7, 11) is 0. The second-order valence-corrected chi connectivity index (χ2v) is 8.59. The number of rotatable bonds is 3. The van der Waals surface area contributed by atoms with Gasteiger partial charge in [-0.25, -0.2) is 4.79 Å². The Morgan fingerprint density at radius 3 is 2.40 bits per heavy atom. The molecule has 0 unspecified atom stereocenters. The van der Waals surface area contributed by atoms with E-state index in [4.69, 9.17) is 0 Å². The third-order valence-electron chi connectivity index (χ3n) is 6.79. The van der Waals surface area contributed by atoms with Crippen molar-refractivity contribution in [2.75, 3.05) is 23.3 Å². The Labute approximate surface area is 148 Å². The van der Waals surface area contributed by atoms with E-state index >= 15 is 0 Å². The molecule has 1 heterocycles. The average molecular weight is 339 g/mol. The summed E-state index contributed by atoms with van der Waals surface area (Å²) in [5.74, 6) is 2.49. The molecule has 0 spiro atoms. The molecular weight excluding hydrogens is 314 g/mol. The molecule has 4 bridgehead atoms. The quantitative estimate of drug-likeness (QED) is 0.887. The van der Waals surface area contributed by atoms with E-state index in [2.05, 4.69) is 10.6 Å². The zero-order valence-electron chi connectivity index (χ0n) is 14.5. The summed E-state index contributed by atoms with van der Waals surface area (Å²) >= 11 is 0. The summed E-state index contributed by atoms with van der Waals surface area (Å²) in [5.41, 5.74) is 1.51. The van der Waals surface area contributed by atoms with Crippen molar-refractivity contribution in [3.63, 3.8) is 0 Å². The van der Waals surface area contributed by atoms with Crippen LogP contribution in [0.5, 0.6) is 0 Å². The van der Waals surface area contributed by atoms with Gasteiger partial charge in [0, 0.05) is 24.5 Å². The number of nitrogens with one attached hydrogen (secondary N) is 2. The number of hydrogen-bond donors (Lipinski definition) is 2. The van der Waals surface area contributed by atoms with E-state index in [1.807, 2.05) is 24.3 Å². The van der Waals surface area contributed by atoms with Crippen molar-refractivity contribution in [2.45, 2.75) is 38.5 Å². The number of carbonyl (C=O) groups excluding carboxylic acids is 2. The average Bonchev–Trinajstić information content (AvgIpc) is 3.00. The Morgan fingerprint density at radius 2 is 1.80 bits per heavy atom. The molecule has 1 saturated heterocycles. The Morgan fingerprint density at radius 1 is 1.12 bits per heavy atom. The lowest BCUT2D eigenvalue weighted by Gasteiger charge is -2.55. The first-order valence-corrected chi connectivity index (χ1v) is 9.58. The molecule has 6 rings (SSSR count). The second kappa shape index (κ2) is 5.48. The summed E-state index contributed by atoms with van der Waals surface area (Å²) in [6.45, 7) is 1.34. The van der Waals surface area contributed by atoms with E-state index in [0.717, 1.165) is 48.4 Å². The molecule has 4 saturated carbocycles. The van der Waals surface area contributed by atoms with Crippen molar-refractivity contribution in [3.05, 3.63) is 24.3 Å². The Kier molecular flexibility index (Phi) is 3.34. The molecule has 5 fully saturated rings. The zero-order chi connectivity index (χ0) is 17.0. The molecule has 1 aromatic carbocycles. The van der Waals surface area contributed by atoms with Gasteiger partial charge in [0.1, 0.15) is 0 Å². The summed E-state index contributed by atoms with van der Waals surface area (Å²) in [5, 5.41) is 6.00. The van der Waals surface area contributed by atoms with Crippen molar-refractivity contribution in [1.82, 2.24) is 5.32 Å². The highest BCUT2D eigenvalue weighted by atomic mass is 16.2. The minimum Gasteiger partial charge on any atom is -0.336 e. The predicted molar refractivity (Wildman–Crippen MR) is 96.4 cm³/mol. The topological polar surface area (TPSA) is 61.4 Å². The molecule has 132 valence electrons. The lowest BCUT2D eigenvalue weighted by Crippen LogP contribution is -2.51. The van der Waals surface area contributed by atoms with E-state index in [1.54, 1.807) is 4.90 Å². The third kappa shape index (κ3) is 2.52. The van der Waals surface area contributed by atoms with E-state index in [1.165, 1.54) is 19.3 Å². The zero-order valence-corrected chi connectivity index (χ0v) is 14.5. The van der Waals surface area contributed by atoms with Gasteiger partial charge in [0.05, 0.1) is 5.41 Å². The van der Waals surface area contributed by atoms with Crippen LogP contribution in [0.4, 0.5) is 16.2 Å². The molecule has 25 heavy (non-hydrogen) atoms. The number of amides is 3. The summed E-state index contributed by atoms with van der Waals surface area (Å²) in [4.78, 5) is 26.7. The van der Waals surface area contributed by atoms with Gasteiger partial charge in [-0.05, 0) is 74.5 Å². The van der Waals surface area contributed by atoms with Crippen molar-refractivity contribution >= 4 is 23.3 Å². The number of benzene rings is 1. The smallest absolute Gasteiger partial charge is 0.321 e. The van der Waals surface area contributed by atoms with Crippen molar-refractivity contribution in [1.29, 1.82) is 0 Å². The number of hydrogen-bond acceptors (Lipinski definition) is 2. The van der Waals surface area contributed by atoms with Gasteiger partial charge in [-0.2, -0.15) is 0 Å². The highest BCUT2D eigenvalue weighted by Crippen LogP contribution is 2.60. The van der Waals surface area contributed by atoms with E-state index in [9.17, 15) is 9.59 Å². The first-order valence-electron chi connectivity index (χ1n) is 9.58. The number of anilines is 2. The fraction of sp³-hybridized carbons (Fsp3) is 0.600. The van der Waals surface area contributed by atoms with Crippen molar-refractivity contribution in [2.24, 2.45) is 23.2 Å². The fourth-order valence-corrected chi connectivity index (χ4v) is 6.12. The first-order chi connectivity index (χ1) is 12.1. The predicted octanol–water partition coefficient (Wildman–Crippen LogP) is 3.37. The highest BCUT2D eigenvalue weighted by Gasteiger charge is 2.54. The van der Waals surface area contributed by atoms with Crippen molar-refractivity contribution < 1.29 is 9.59 Å². The molecule has 5 nitrogen and oxygen atoms in total. The normalized spacial score (nSPS) is 35.8. The largest absolute Gasteiger partial charge is 0.336 e. The fourth-order valence-electron chi connectivity index (χ4n) is 6.12. The minimum absolute atomic E-state index is 0.0652. The van der Waals surface area contributed by atoms with Gasteiger partial charge >= 0.3 is 6.03 Å². The van der Waals surface area contributed by atoms with Crippen LogP contribution in [0.2, 0.25) is 0 Å². The van der Waals surface area contributed by atoms with Crippen LogP contribution in [0.25, 0.3) is 0 Å². The van der Waals surface area contributed by atoms with Gasteiger partial charge in [-0.15, -0.1) is 0 Å². The lowest BCUT2D eigenvalue weighted by molar-refractivity contribution is -0.140. The van der Waals surface area contributed by atoms with Crippen LogP contribution in [-0.2, 0) is 4.79 Å². The molecule has 0 radical (unpaired) electrons. The number of carbonyl (C=O) groups is 2.